The van der Waals surface area contributed by atoms with Crippen LogP contribution in [0.1, 0.15) is 40.9 Å². The number of hydrogen-bond acceptors (Lipinski definition) is 7. The molecule has 132 valence electrons. The molecule has 4 rings (SSSR count). The van der Waals surface area contributed by atoms with Crippen molar-refractivity contribution in [3.8, 4) is 0 Å². The van der Waals surface area contributed by atoms with E-state index in [1.807, 2.05) is 30.5 Å². The van der Waals surface area contributed by atoms with Crippen molar-refractivity contribution in [1.82, 2.24) is 19.9 Å². The Hall–Kier alpha value is -2.87. The summed E-state index contributed by atoms with van der Waals surface area (Å²) in [5.41, 5.74) is 1.27. The highest BCUT2D eigenvalue weighted by Crippen LogP contribution is 2.34. The first-order valence-electron chi connectivity index (χ1n) is 8.45. The first kappa shape index (κ1) is 16.6. The number of amides is 1. The van der Waals surface area contributed by atoms with E-state index in [0.717, 1.165) is 36.7 Å². The first-order valence-corrected chi connectivity index (χ1v) is 9.33. The van der Waals surface area contributed by atoms with Gasteiger partial charge in [0.15, 0.2) is 5.13 Å². The number of rotatable bonds is 4. The Balaban J connectivity index is 1.58. The zero-order valence-electron chi connectivity index (χ0n) is 14.3. The van der Waals surface area contributed by atoms with Gasteiger partial charge in [-0.3, -0.25) is 10.1 Å². The van der Waals surface area contributed by atoms with Gasteiger partial charge in [0.1, 0.15) is 17.3 Å². The quantitative estimate of drug-likeness (QED) is 0.763. The predicted molar refractivity (Wildman–Crippen MR) is 100 cm³/mol. The molecule has 0 aliphatic carbocycles. The van der Waals surface area contributed by atoms with E-state index < -0.39 is 0 Å². The first-order chi connectivity index (χ1) is 12.7. The van der Waals surface area contributed by atoms with Gasteiger partial charge in [-0.25, -0.2) is 19.9 Å². The third-order valence-electron chi connectivity index (χ3n) is 4.31. The third kappa shape index (κ3) is 3.41. The SMILES string of the molecule is Cc1nccc(N2CCC[C@H]2c2cccc(C(=O)Nc3nccs3)n2)n1. The van der Waals surface area contributed by atoms with Crippen LogP contribution < -0.4 is 10.2 Å². The van der Waals surface area contributed by atoms with Crippen LogP contribution in [0.15, 0.2) is 42.0 Å². The van der Waals surface area contributed by atoms with Crippen molar-refractivity contribution in [2.75, 3.05) is 16.8 Å². The summed E-state index contributed by atoms with van der Waals surface area (Å²) in [5.74, 6) is 1.40. The van der Waals surface area contributed by atoms with Crippen molar-refractivity contribution >= 4 is 28.2 Å². The molecular weight excluding hydrogens is 348 g/mol. The predicted octanol–water partition coefficient (Wildman–Crippen LogP) is 3.23. The molecule has 7 nitrogen and oxygen atoms in total. The molecule has 3 aromatic rings. The summed E-state index contributed by atoms with van der Waals surface area (Å²) in [6.07, 6.45) is 5.47. The lowest BCUT2D eigenvalue weighted by molar-refractivity contribution is 0.102. The lowest BCUT2D eigenvalue weighted by Gasteiger charge is -2.25. The van der Waals surface area contributed by atoms with Crippen molar-refractivity contribution in [3.63, 3.8) is 0 Å². The zero-order chi connectivity index (χ0) is 17.9. The van der Waals surface area contributed by atoms with Gasteiger partial charge < -0.3 is 4.90 Å². The monoisotopic (exact) mass is 366 g/mol. The Bertz CT molecular complexity index is 914. The van der Waals surface area contributed by atoms with Gasteiger partial charge in [-0.15, -0.1) is 11.3 Å². The van der Waals surface area contributed by atoms with Gasteiger partial charge in [0.05, 0.1) is 11.7 Å². The molecule has 1 aliphatic heterocycles. The van der Waals surface area contributed by atoms with Crippen LogP contribution in [0.5, 0.6) is 0 Å². The van der Waals surface area contributed by atoms with Gasteiger partial charge in [0.25, 0.3) is 5.91 Å². The standard InChI is InChI=1S/C18H18N6OS/c1-12-19-8-7-16(21-12)24-10-3-6-15(24)13-4-2-5-14(22-13)17(25)23-18-20-9-11-26-18/h2,4-5,7-9,11,15H,3,6,10H2,1H3,(H,20,23,25)/t15-/m0/s1. The molecule has 1 saturated heterocycles. The van der Waals surface area contributed by atoms with Crippen molar-refractivity contribution in [2.24, 2.45) is 0 Å². The van der Waals surface area contributed by atoms with Crippen molar-refractivity contribution in [3.05, 3.63) is 59.3 Å². The van der Waals surface area contributed by atoms with Gasteiger partial charge >= 0.3 is 0 Å². The highest BCUT2D eigenvalue weighted by atomic mass is 32.1. The molecule has 0 saturated carbocycles. The molecule has 1 aliphatic rings. The van der Waals surface area contributed by atoms with Gasteiger partial charge in [-0.1, -0.05) is 6.07 Å². The van der Waals surface area contributed by atoms with Crippen LogP contribution in [0, 0.1) is 6.92 Å². The number of anilines is 2. The van der Waals surface area contributed by atoms with Crippen LogP contribution in [-0.2, 0) is 0 Å². The Morgan fingerprint density at radius 1 is 1.23 bits per heavy atom. The van der Waals surface area contributed by atoms with Gasteiger partial charge in [-0.05, 0) is 38.0 Å². The Morgan fingerprint density at radius 3 is 2.96 bits per heavy atom. The maximum atomic E-state index is 12.4. The second kappa shape index (κ2) is 7.17. The van der Waals surface area contributed by atoms with Gasteiger partial charge in [0.2, 0.25) is 0 Å². The summed E-state index contributed by atoms with van der Waals surface area (Å²) in [6, 6.07) is 7.60. The third-order valence-corrected chi connectivity index (χ3v) is 4.99. The van der Waals surface area contributed by atoms with E-state index in [0.29, 0.717) is 10.8 Å². The molecule has 0 spiro atoms. The minimum atomic E-state index is -0.246. The number of nitrogens with one attached hydrogen (secondary N) is 1. The van der Waals surface area contributed by atoms with E-state index in [4.69, 9.17) is 0 Å². The fraction of sp³-hybridized carbons (Fsp3) is 0.278. The molecule has 0 radical (unpaired) electrons. The lowest BCUT2D eigenvalue weighted by Crippen LogP contribution is -2.25. The minimum Gasteiger partial charge on any atom is -0.348 e. The van der Waals surface area contributed by atoms with Crippen LogP contribution >= 0.6 is 11.3 Å². The Labute approximate surface area is 155 Å². The van der Waals surface area contributed by atoms with Crippen LogP contribution in [0.3, 0.4) is 0 Å². The van der Waals surface area contributed by atoms with Gasteiger partial charge in [-0.2, -0.15) is 0 Å². The molecule has 3 aromatic heterocycles. The van der Waals surface area contributed by atoms with E-state index in [2.05, 4.69) is 30.2 Å². The number of thiazole rings is 1. The van der Waals surface area contributed by atoms with E-state index in [1.165, 1.54) is 11.3 Å². The molecule has 8 heteroatoms. The fourth-order valence-electron chi connectivity index (χ4n) is 3.16. The second-order valence-corrected chi connectivity index (χ2v) is 6.95. The largest absolute Gasteiger partial charge is 0.348 e. The molecule has 0 bridgehead atoms. The van der Waals surface area contributed by atoms with E-state index in [-0.39, 0.29) is 11.9 Å². The topological polar surface area (TPSA) is 83.9 Å². The van der Waals surface area contributed by atoms with Crippen LogP contribution in [0.25, 0.3) is 0 Å². The zero-order valence-corrected chi connectivity index (χ0v) is 15.1. The number of nitrogens with zero attached hydrogens (tertiary/aromatic N) is 5. The maximum absolute atomic E-state index is 12.4. The average Bonchev–Trinajstić information content (AvgIpc) is 3.33. The summed E-state index contributed by atoms with van der Waals surface area (Å²) in [5, 5.41) is 5.17. The highest BCUT2D eigenvalue weighted by Gasteiger charge is 2.28. The van der Waals surface area contributed by atoms with E-state index in [9.17, 15) is 4.79 Å². The molecule has 4 heterocycles. The van der Waals surface area contributed by atoms with Crippen molar-refractivity contribution < 1.29 is 4.79 Å². The van der Waals surface area contributed by atoms with Crippen LogP contribution in [0.2, 0.25) is 0 Å². The lowest BCUT2D eigenvalue weighted by atomic mass is 10.1. The molecule has 0 unspecified atom stereocenters. The van der Waals surface area contributed by atoms with Crippen LogP contribution in [-0.4, -0.2) is 32.4 Å². The molecule has 26 heavy (non-hydrogen) atoms. The summed E-state index contributed by atoms with van der Waals surface area (Å²) in [4.78, 5) is 32.1. The fourth-order valence-corrected chi connectivity index (χ4v) is 3.69. The smallest absolute Gasteiger partial charge is 0.276 e. The number of pyridine rings is 1. The van der Waals surface area contributed by atoms with E-state index in [1.54, 1.807) is 18.5 Å². The average molecular weight is 366 g/mol. The molecule has 1 amide bonds. The summed E-state index contributed by atoms with van der Waals surface area (Å²) >= 11 is 1.38. The summed E-state index contributed by atoms with van der Waals surface area (Å²) < 4.78 is 0. The summed E-state index contributed by atoms with van der Waals surface area (Å²) in [7, 11) is 0. The Kier molecular flexibility index (Phi) is 4.57. The Morgan fingerprint density at radius 2 is 2.15 bits per heavy atom. The van der Waals surface area contributed by atoms with Crippen molar-refractivity contribution in [2.45, 2.75) is 25.8 Å². The molecule has 0 aromatic carbocycles. The van der Waals surface area contributed by atoms with Gasteiger partial charge in [0, 0.05) is 24.3 Å². The number of carbonyl (C=O) groups excluding carboxylic acids is 1. The van der Waals surface area contributed by atoms with E-state index >= 15 is 0 Å². The number of carbonyl (C=O) groups is 1. The number of aryl methyl sites for hydroxylation is 1. The molecular formula is C18H18N6OS. The normalized spacial score (nSPS) is 16.7. The minimum absolute atomic E-state index is 0.108. The summed E-state index contributed by atoms with van der Waals surface area (Å²) in [6.45, 7) is 2.80. The maximum Gasteiger partial charge on any atom is 0.276 e. The number of hydrogen-bond donors (Lipinski definition) is 1. The molecule has 1 atom stereocenters. The molecule has 1 N–H and O–H groups in total. The van der Waals surface area contributed by atoms with Crippen LogP contribution in [0.4, 0.5) is 10.9 Å². The second-order valence-electron chi connectivity index (χ2n) is 6.05. The highest BCUT2D eigenvalue weighted by molar-refractivity contribution is 7.13. The van der Waals surface area contributed by atoms with Crippen molar-refractivity contribution in [1.29, 1.82) is 0 Å². The molecule has 1 fully saturated rings. The number of aromatic nitrogens is 4.